The van der Waals surface area contributed by atoms with Gasteiger partial charge in [-0.05, 0) is 67.6 Å². The first-order chi connectivity index (χ1) is 7.87. The summed E-state index contributed by atoms with van der Waals surface area (Å²) in [6.07, 6.45) is 5.80. The van der Waals surface area contributed by atoms with Crippen molar-refractivity contribution in [2.24, 2.45) is 28.6 Å². The van der Waals surface area contributed by atoms with Gasteiger partial charge in [0.2, 0.25) is 0 Å². The molecule has 0 amide bonds. The lowest BCUT2D eigenvalue weighted by atomic mass is 9.64. The number of hydrogen-bond donors (Lipinski definition) is 2. The summed E-state index contributed by atoms with van der Waals surface area (Å²) in [5, 5.41) is 20.6. The maximum absolute atomic E-state index is 10.7. The average Bonchev–Trinajstić information content (AvgIpc) is 2.71. The maximum Gasteiger partial charge on any atom is 0.0654 e. The highest BCUT2D eigenvalue weighted by atomic mass is 16.3. The summed E-state index contributed by atoms with van der Waals surface area (Å²) < 4.78 is 0. The van der Waals surface area contributed by atoms with E-state index in [1.165, 1.54) is 12.8 Å². The van der Waals surface area contributed by atoms with Crippen molar-refractivity contribution in [2.45, 2.75) is 58.5 Å². The van der Waals surface area contributed by atoms with Crippen LogP contribution >= 0.6 is 0 Å². The van der Waals surface area contributed by atoms with Gasteiger partial charge in [0, 0.05) is 6.61 Å². The van der Waals surface area contributed by atoms with E-state index in [1.54, 1.807) is 0 Å². The SMILES string of the molecule is C[C@@H]1CC[C@@H]2C13CC[C@](C)(O)[C@H](C3)[C@]2(C)CO. The van der Waals surface area contributed by atoms with E-state index in [4.69, 9.17) is 0 Å². The van der Waals surface area contributed by atoms with E-state index in [9.17, 15) is 10.2 Å². The van der Waals surface area contributed by atoms with Crippen LogP contribution < -0.4 is 0 Å². The van der Waals surface area contributed by atoms with Crippen LogP contribution in [-0.2, 0) is 0 Å². The molecule has 0 heterocycles. The van der Waals surface area contributed by atoms with E-state index in [1.807, 2.05) is 6.92 Å². The standard InChI is InChI=1S/C15H26O2/c1-10-4-5-11-13(2,9-16)12-8-15(10,11)7-6-14(12,3)17/h10-12,16-17H,4-9H2,1-3H3/t10-,11+,12-,13-,14+,15?/m1/s1. The molecular formula is C15H26O2. The summed E-state index contributed by atoms with van der Waals surface area (Å²) in [5.74, 6) is 1.70. The second kappa shape index (κ2) is 3.27. The van der Waals surface area contributed by atoms with Crippen LogP contribution in [0.3, 0.4) is 0 Å². The van der Waals surface area contributed by atoms with Gasteiger partial charge in [0.1, 0.15) is 0 Å². The highest BCUT2D eigenvalue weighted by Gasteiger charge is 2.68. The van der Waals surface area contributed by atoms with Crippen LogP contribution in [0.1, 0.15) is 52.9 Å². The third-order valence-electron chi connectivity index (χ3n) is 6.93. The second-order valence-electron chi connectivity index (χ2n) is 7.54. The number of rotatable bonds is 1. The molecule has 0 aromatic carbocycles. The molecule has 0 saturated heterocycles. The van der Waals surface area contributed by atoms with Crippen LogP contribution in [0, 0.1) is 28.6 Å². The molecule has 2 N–H and O–H groups in total. The first-order valence-electron chi connectivity index (χ1n) is 7.20. The van der Waals surface area contributed by atoms with E-state index in [2.05, 4.69) is 13.8 Å². The van der Waals surface area contributed by atoms with Crippen molar-refractivity contribution in [3.8, 4) is 0 Å². The fraction of sp³-hybridized carbons (Fsp3) is 1.00. The van der Waals surface area contributed by atoms with Crippen molar-refractivity contribution in [2.75, 3.05) is 6.61 Å². The Morgan fingerprint density at radius 2 is 1.82 bits per heavy atom. The van der Waals surface area contributed by atoms with E-state index in [0.29, 0.717) is 17.3 Å². The minimum absolute atomic E-state index is 0.0508. The molecule has 6 atom stereocenters. The van der Waals surface area contributed by atoms with Gasteiger partial charge in [-0.25, -0.2) is 0 Å². The second-order valence-corrected chi connectivity index (χ2v) is 7.54. The number of aliphatic hydroxyl groups excluding tert-OH is 1. The van der Waals surface area contributed by atoms with Gasteiger partial charge >= 0.3 is 0 Å². The van der Waals surface area contributed by atoms with Gasteiger partial charge in [-0.1, -0.05) is 13.8 Å². The highest BCUT2D eigenvalue weighted by molar-refractivity contribution is 5.17. The van der Waals surface area contributed by atoms with Gasteiger partial charge in [0.25, 0.3) is 0 Å². The molecule has 0 radical (unpaired) electrons. The zero-order chi connectivity index (χ0) is 12.5. The molecule has 3 saturated carbocycles. The Bertz CT molecular complexity index is 334. The molecular weight excluding hydrogens is 212 g/mol. The molecule has 2 nitrogen and oxygen atoms in total. The van der Waals surface area contributed by atoms with Crippen molar-refractivity contribution in [1.82, 2.24) is 0 Å². The molecule has 3 aliphatic rings. The van der Waals surface area contributed by atoms with Crippen molar-refractivity contribution < 1.29 is 10.2 Å². The smallest absolute Gasteiger partial charge is 0.0654 e. The third kappa shape index (κ3) is 1.24. The normalized spacial score (nSPS) is 61.6. The van der Waals surface area contributed by atoms with Gasteiger partial charge in [-0.3, -0.25) is 0 Å². The summed E-state index contributed by atoms with van der Waals surface area (Å²) in [6, 6.07) is 0. The molecule has 17 heavy (non-hydrogen) atoms. The Balaban J connectivity index is 2.08. The molecule has 3 aliphatic carbocycles. The summed E-state index contributed by atoms with van der Waals surface area (Å²) >= 11 is 0. The van der Waals surface area contributed by atoms with Gasteiger partial charge in [-0.15, -0.1) is 0 Å². The Kier molecular flexibility index (Phi) is 2.30. The monoisotopic (exact) mass is 238 g/mol. The lowest BCUT2D eigenvalue weighted by molar-refractivity contribution is -0.0858. The van der Waals surface area contributed by atoms with Crippen LogP contribution in [0.2, 0.25) is 0 Å². The Hall–Kier alpha value is -0.0800. The van der Waals surface area contributed by atoms with Crippen LogP contribution in [0.5, 0.6) is 0 Å². The van der Waals surface area contributed by atoms with Gasteiger partial charge in [-0.2, -0.15) is 0 Å². The fourth-order valence-corrected chi connectivity index (χ4v) is 5.85. The molecule has 0 aromatic heterocycles. The van der Waals surface area contributed by atoms with E-state index < -0.39 is 5.60 Å². The van der Waals surface area contributed by atoms with Crippen LogP contribution in [0.4, 0.5) is 0 Å². The number of hydrogen-bond acceptors (Lipinski definition) is 2. The quantitative estimate of drug-likeness (QED) is 0.737. The molecule has 0 aliphatic heterocycles. The molecule has 0 aromatic rings. The van der Waals surface area contributed by atoms with Crippen LogP contribution in [-0.4, -0.2) is 22.4 Å². The first-order valence-corrected chi connectivity index (χ1v) is 7.20. The van der Waals surface area contributed by atoms with E-state index in [0.717, 1.165) is 25.2 Å². The topological polar surface area (TPSA) is 40.5 Å². The summed E-state index contributed by atoms with van der Waals surface area (Å²) in [5.41, 5.74) is -0.179. The van der Waals surface area contributed by atoms with Crippen molar-refractivity contribution in [1.29, 1.82) is 0 Å². The Labute approximate surface area is 104 Å². The summed E-state index contributed by atoms with van der Waals surface area (Å²) in [6.45, 7) is 6.85. The van der Waals surface area contributed by atoms with Crippen molar-refractivity contribution >= 4 is 0 Å². The molecule has 98 valence electrons. The first kappa shape index (κ1) is 12.0. The number of fused-ring (bicyclic) bond motifs is 1. The number of aliphatic hydroxyl groups is 2. The van der Waals surface area contributed by atoms with Crippen molar-refractivity contribution in [3.63, 3.8) is 0 Å². The Morgan fingerprint density at radius 3 is 2.47 bits per heavy atom. The average molecular weight is 238 g/mol. The van der Waals surface area contributed by atoms with Gasteiger partial charge in [0.05, 0.1) is 5.60 Å². The summed E-state index contributed by atoms with van der Waals surface area (Å²) in [7, 11) is 0. The molecule has 2 heteroatoms. The van der Waals surface area contributed by atoms with Gasteiger partial charge in [0.15, 0.2) is 0 Å². The molecule has 2 bridgehead atoms. The van der Waals surface area contributed by atoms with E-state index in [-0.39, 0.29) is 12.0 Å². The minimum Gasteiger partial charge on any atom is -0.396 e. The molecule has 1 unspecified atom stereocenters. The zero-order valence-electron chi connectivity index (χ0n) is 11.4. The third-order valence-corrected chi connectivity index (χ3v) is 6.93. The van der Waals surface area contributed by atoms with Crippen LogP contribution in [0.15, 0.2) is 0 Å². The zero-order valence-corrected chi connectivity index (χ0v) is 11.4. The largest absolute Gasteiger partial charge is 0.396 e. The summed E-state index contributed by atoms with van der Waals surface area (Å²) in [4.78, 5) is 0. The van der Waals surface area contributed by atoms with Gasteiger partial charge < -0.3 is 10.2 Å². The van der Waals surface area contributed by atoms with E-state index >= 15 is 0 Å². The highest BCUT2D eigenvalue weighted by Crippen LogP contribution is 2.73. The van der Waals surface area contributed by atoms with Crippen LogP contribution in [0.25, 0.3) is 0 Å². The Morgan fingerprint density at radius 1 is 1.12 bits per heavy atom. The lowest BCUT2D eigenvalue weighted by Gasteiger charge is -2.44. The predicted octanol–water partition coefficient (Wildman–Crippen LogP) is 2.58. The lowest BCUT2D eigenvalue weighted by Crippen LogP contribution is -2.46. The van der Waals surface area contributed by atoms with Crippen molar-refractivity contribution in [3.05, 3.63) is 0 Å². The molecule has 3 rings (SSSR count). The molecule has 1 spiro atoms. The fourth-order valence-electron chi connectivity index (χ4n) is 5.85. The minimum atomic E-state index is -0.563. The predicted molar refractivity (Wildman–Crippen MR) is 67.5 cm³/mol. The maximum atomic E-state index is 10.7. The molecule has 3 fully saturated rings.